The van der Waals surface area contributed by atoms with Crippen LogP contribution >= 0.6 is 7.60 Å². The first-order chi connectivity index (χ1) is 33.5. The number of carbonyl (C=O) groups is 5. The molecule has 3 fully saturated rings. The molecular weight excluding hydrogens is 934 g/mol. The number of piperidine rings is 1. The molecule has 4 aliphatic rings. The zero-order chi connectivity index (χ0) is 52.8. The van der Waals surface area contributed by atoms with Gasteiger partial charge in [-0.15, -0.1) is 0 Å². The number of aliphatic hydroxyl groups excluding tert-OH is 1. The van der Waals surface area contributed by atoms with Crippen LogP contribution in [0, 0.1) is 35.5 Å². The number of carbonyl (C=O) groups excluding carboxylic acids is 5. The van der Waals surface area contributed by atoms with Gasteiger partial charge in [0.15, 0.2) is 11.6 Å². The number of hydrogen-bond donors (Lipinski definition) is 2. The van der Waals surface area contributed by atoms with E-state index in [2.05, 4.69) is 0 Å². The van der Waals surface area contributed by atoms with Crippen molar-refractivity contribution in [2.45, 2.75) is 187 Å². The van der Waals surface area contributed by atoms with E-state index < -0.39 is 103 Å². The van der Waals surface area contributed by atoms with Crippen LogP contribution in [-0.4, -0.2) is 140 Å². The lowest BCUT2D eigenvalue weighted by Gasteiger charge is -2.42. The first-order valence-corrected chi connectivity index (χ1v) is 27.9. The van der Waals surface area contributed by atoms with E-state index in [-0.39, 0.29) is 49.4 Å². The summed E-state index contributed by atoms with van der Waals surface area (Å²) >= 11 is 0. The lowest BCUT2D eigenvalue weighted by Crippen LogP contribution is -2.61. The van der Waals surface area contributed by atoms with Crippen LogP contribution < -0.4 is 0 Å². The molecule has 0 aromatic rings. The number of Topliss-reactive ketones (excluding diaryl/α,β-unsaturated/α-hetero) is 3. The van der Waals surface area contributed by atoms with Crippen LogP contribution in [0.3, 0.4) is 0 Å². The van der Waals surface area contributed by atoms with Crippen molar-refractivity contribution in [3.8, 4) is 0 Å². The van der Waals surface area contributed by atoms with E-state index in [4.69, 9.17) is 32.7 Å². The number of fused-ring (bicyclic) bond motifs is 3. The maximum atomic E-state index is 14.5. The van der Waals surface area contributed by atoms with Gasteiger partial charge in [-0.25, -0.2) is 4.79 Å². The normalized spacial score (nSPS) is 36.6. The molecule has 3 aliphatic heterocycles. The second-order valence-corrected chi connectivity index (χ2v) is 22.9. The monoisotopic (exact) mass is 1020 g/mol. The van der Waals surface area contributed by atoms with Gasteiger partial charge in [0, 0.05) is 65.1 Å². The Balaban J connectivity index is 1.70. The van der Waals surface area contributed by atoms with Gasteiger partial charge in [-0.1, -0.05) is 71.1 Å². The molecule has 2 N–H and O–H groups in total. The summed E-state index contributed by atoms with van der Waals surface area (Å²) in [5.74, 6) is -8.22. The van der Waals surface area contributed by atoms with Gasteiger partial charge < -0.3 is 47.8 Å². The second-order valence-electron chi connectivity index (χ2n) is 20.9. The summed E-state index contributed by atoms with van der Waals surface area (Å²) in [7, 11) is 1.21. The fraction of sp³-hybridized carbons (Fsp3) is 0.759. The quantitative estimate of drug-likeness (QED) is 0.120. The van der Waals surface area contributed by atoms with Crippen molar-refractivity contribution < 1.29 is 71.5 Å². The van der Waals surface area contributed by atoms with Crippen molar-refractivity contribution in [2.75, 3.05) is 41.1 Å². The number of cyclic esters (lactones) is 1. The third-order valence-corrected chi connectivity index (χ3v) is 16.5. The maximum Gasteiger partial charge on any atom is 0.329 e. The van der Waals surface area contributed by atoms with Crippen LogP contribution in [-0.2, 0) is 61.3 Å². The Hall–Kier alpha value is -3.18. The van der Waals surface area contributed by atoms with Gasteiger partial charge in [-0.05, 0) is 114 Å². The van der Waals surface area contributed by atoms with Crippen LogP contribution in [0.25, 0.3) is 0 Å². The Bertz CT molecular complexity index is 1980. The zero-order valence-electron chi connectivity index (χ0n) is 44.5. The first kappa shape index (κ1) is 60.4. The Morgan fingerprint density at radius 2 is 1.61 bits per heavy atom. The summed E-state index contributed by atoms with van der Waals surface area (Å²) in [6.45, 7) is 16.1. The Morgan fingerprint density at radius 1 is 0.887 bits per heavy atom. The van der Waals surface area contributed by atoms with E-state index in [1.807, 2.05) is 58.1 Å². The molecule has 402 valence electrons. The minimum Gasteiger partial charge on any atom is -0.460 e. The molecule has 1 saturated carbocycles. The van der Waals surface area contributed by atoms with Crippen molar-refractivity contribution in [1.82, 2.24) is 4.90 Å². The van der Waals surface area contributed by atoms with Crippen molar-refractivity contribution in [3.63, 3.8) is 0 Å². The van der Waals surface area contributed by atoms with E-state index in [0.29, 0.717) is 69.8 Å². The van der Waals surface area contributed by atoms with Gasteiger partial charge in [-0.2, -0.15) is 0 Å². The number of aliphatic hydroxyl groups is 2. The molecular formula is C54H86NO15P. The van der Waals surface area contributed by atoms with Gasteiger partial charge >= 0.3 is 13.6 Å². The number of nitrogens with zero attached hydrogens (tertiary/aromatic N) is 1. The predicted molar refractivity (Wildman–Crippen MR) is 269 cm³/mol. The maximum absolute atomic E-state index is 14.5. The molecule has 16 nitrogen and oxygen atoms in total. The highest BCUT2D eigenvalue weighted by molar-refractivity contribution is 7.53. The van der Waals surface area contributed by atoms with Gasteiger partial charge in [0.2, 0.25) is 5.79 Å². The standard InChI is InChI=1S/C54H86NO15P/c1-13-67-71(12,63)70-44-25-23-40(30-47(44)65-10)29-36(5)46-32-43(56)35(4)28-38(7)49(58)50(66-11)48(57)37(6)27-33(2)19-15-14-16-20-34(3)45(64-9)31-41-24-22-39(8)54(62,69-41)51(59)52(60)55-26-18-17-21-42(55)53(61)68-46/h14-16,19-20,28,33,36-42,44-47,49-50,58,62H,13,17-18,21-27,29-32H2,1-12H3/t33-,36-,37-,38?,39-,40+,41?,42?,44-,45+,46+,47-,49-,50+,54-,71?/m1/s1. The third kappa shape index (κ3) is 16.7. The Morgan fingerprint density at radius 3 is 2.27 bits per heavy atom. The average molecular weight is 1020 g/mol. The van der Waals surface area contributed by atoms with Crippen LogP contribution in [0.5, 0.6) is 0 Å². The van der Waals surface area contributed by atoms with Crippen molar-refractivity contribution >= 4 is 36.8 Å². The van der Waals surface area contributed by atoms with Gasteiger partial charge in [0.25, 0.3) is 11.7 Å². The molecule has 1 amide bonds. The molecule has 0 aromatic carbocycles. The van der Waals surface area contributed by atoms with Crippen molar-refractivity contribution in [1.29, 1.82) is 0 Å². The number of hydrogen-bond acceptors (Lipinski definition) is 15. The minimum atomic E-state index is -3.32. The largest absolute Gasteiger partial charge is 0.460 e. The van der Waals surface area contributed by atoms with Gasteiger partial charge in [-0.3, -0.25) is 23.7 Å². The van der Waals surface area contributed by atoms with Gasteiger partial charge in [0.05, 0.1) is 37.1 Å². The smallest absolute Gasteiger partial charge is 0.329 e. The number of methoxy groups -OCH3 is 3. The predicted octanol–water partition coefficient (Wildman–Crippen LogP) is 8.06. The zero-order valence-corrected chi connectivity index (χ0v) is 45.4. The number of ketones is 3. The highest BCUT2D eigenvalue weighted by Crippen LogP contribution is 2.48. The third-order valence-electron chi connectivity index (χ3n) is 15.2. The van der Waals surface area contributed by atoms with Crippen LogP contribution in [0.4, 0.5) is 0 Å². The molecule has 0 aromatic heterocycles. The van der Waals surface area contributed by atoms with Crippen LogP contribution in [0.2, 0.25) is 0 Å². The molecule has 0 radical (unpaired) electrons. The van der Waals surface area contributed by atoms with Gasteiger partial charge in [0.1, 0.15) is 18.2 Å². The van der Waals surface area contributed by atoms with E-state index >= 15 is 0 Å². The number of amides is 1. The topological polar surface area (TPSA) is 211 Å². The number of allylic oxidation sites excluding steroid dienone is 6. The van der Waals surface area contributed by atoms with E-state index in [0.717, 1.165) is 5.57 Å². The molecule has 17 heteroatoms. The molecule has 16 atom stereocenters. The number of rotatable bonds is 10. The average Bonchev–Trinajstić information content (AvgIpc) is 3.33. The van der Waals surface area contributed by atoms with E-state index in [1.165, 1.54) is 18.7 Å². The first-order valence-electron chi connectivity index (χ1n) is 25.9. The van der Waals surface area contributed by atoms with Crippen LogP contribution in [0.1, 0.15) is 132 Å². The Kier molecular flexibility index (Phi) is 23.7. The summed E-state index contributed by atoms with van der Waals surface area (Å²) < 4.78 is 54.0. The SMILES string of the molecule is CCOP(C)(=O)O[C@@H]1CC[C@@H](C[C@@H](C)[C@@H]2CC(=O)C(C)=CC(C)[C@@H](O)[C@@H](OC)C(=O)[C@H](C)C[C@H](C)C=CC=CC=C(C)[C@@H](OC)CC3CC[C@@H](C)[C@@](O)(O3)C(=O)C(=O)N3CCCCC3C(=O)O2)C[C@H]1OC. The highest BCUT2D eigenvalue weighted by Gasteiger charge is 2.53. The second kappa shape index (κ2) is 27.9. The lowest BCUT2D eigenvalue weighted by atomic mass is 9.78. The minimum absolute atomic E-state index is 0.00936. The molecule has 4 rings (SSSR count). The fourth-order valence-corrected chi connectivity index (χ4v) is 12.0. The summed E-state index contributed by atoms with van der Waals surface area (Å²) in [6.07, 6.45) is 10.9. The highest BCUT2D eigenvalue weighted by atomic mass is 31.2. The Labute approximate surface area is 423 Å². The molecule has 71 heavy (non-hydrogen) atoms. The lowest BCUT2D eigenvalue weighted by molar-refractivity contribution is -0.265. The van der Waals surface area contributed by atoms with E-state index in [1.54, 1.807) is 48.0 Å². The molecule has 2 saturated heterocycles. The fourth-order valence-electron chi connectivity index (χ4n) is 10.8. The molecule has 1 aliphatic carbocycles. The molecule has 0 spiro atoms. The summed E-state index contributed by atoms with van der Waals surface area (Å²) in [5.41, 5.74) is 1.17. The summed E-state index contributed by atoms with van der Waals surface area (Å²) in [4.78, 5) is 72.3. The van der Waals surface area contributed by atoms with Crippen molar-refractivity contribution in [2.24, 2.45) is 35.5 Å². The van der Waals surface area contributed by atoms with Crippen LogP contribution in [0.15, 0.2) is 47.6 Å². The van der Waals surface area contributed by atoms with Crippen molar-refractivity contribution in [3.05, 3.63) is 47.6 Å². The number of ether oxygens (including phenoxy) is 5. The van der Waals surface area contributed by atoms with E-state index in [9.17, 15) is 38.8 Å². The summed E-state index contributed by atoms with van der Waals surface area (Å²) in [6, 6.07) is -1.17. The molecule has 4 unspecified atom stereocenters. The molecule has 2 bridgehead atoms. The molecule has 3 heterocycles. The number of esters is 1. The summed E-state index contributed by atoms with van der Waals surface area (Å²) in [5, 5.41) is 23.5.